The number of rotatable bonds is 4. The molecule has 172 valence electrons. The Bertz CT molecular complexity index is 1180. The SMILES string of the molecule is CC(C)(C)C1CCc2c(sc(NC(=O)c3ccc(Cl)cc3)c2C(=O)Nc2ccc(Br)cc2)C1. The summed E-state index contributed by atoms with van der Waals surface area (Å²) in [4.78, 5) is 27.5. The Balaban J connectivity index is 1.67. The molecule has 0 saturated carbocycles. The van der Waals surface area contributed by atoms with Crippen LogP contribution in [0.4, 0.5) is 10.7 Å². The Kier molecular flexibility index (Phi) is 6.99. The first-order valence-corrected chi connectivity index (χ1v) is 12.9. The molecule has 1 atom stereocenters. The second kappa shape index (κ2) is 9.61. The zero-order valence-electron chi connectivity index (χ0n) is 18.8. The second-order valence-corrected chi connectivity index (χ2v) is 11.9. The van der Waals surface area contributed by atoms with Crippen molar-refractivity contribution >= 4 is 61.4 Å². The molecular weight excluding hydrogens is 520 g/mol. The number of fused-ring (bicyclic) bond motifs is 1. The van der Waals surface area contributed by atoms with Gasteiger partial charge in [-0.2, -0.15) is 0 Å². The Morgan fingerprint density at radius 1 is 1.00 bits per heavy atom. The van der Waals surface area contributed by atoms with Crippen LogP contribution in [0.3, 0.4) is 0 Å². The van der Waals surface area contributed by atoms with Crippen LogP contribution in [0.1, 0.15) is 58.3 Å². The minimum atomic E-state index is -0.254. The quantitative estimate of drug-likeness (QED) is 0.351. The maximum atomic E-state index is 13.4. The van der Waals surface area contributed by atoms with Gasteiger partial charge >= 0.3 is 0 Å². The van der Waals surface area contributed by atoms with E-state index in [4.69, 9.17) is 11.6 Å². The molecule has 3 aromatic rings. The van der Waals surface area contributed by atoms with Crippen LogP contribution in [0.2, 0.25) is 5.02 Å². The van der Waals surface area contributed by atoms with E-state index in [-0.39, 0.29) is 17.2 Å². The molecule has 0 spiro atoms. The molecule has 4 rings (SSSR count). The van der Waals surface area contributed by atoms with Crippen molar-refractivity contribution in [2.45, 2.75) is 40.0 Å². The fraction of sp³-hybridized carbons (Fsp3) is 0.308. The highest BCUT2D eigenvalue weighted by molar-refractivity contribution is 9.10. The molecule has 0 bridgehead atoms. The first-order valence-electron chi connectivity index (χ1n) is 10.9. The molecule has 0 aliphatic heterocycles. The van der Waals surface area contributed by atoms with Gasteiger partial charge < -0.3 is 10.6 Å². The summed E-state index contributed by atoms with van der Waals surface area (Å²) in [7, 11) is 0. The van der Waals surface area contributed by atoms with Crippen LogP contribution in [0.5, 0.6) is 0 Å². The lowest BCUT2D eigenvalue weighted by molar-refractivity contribution is 0.102. The van der Waals surface area contributed by atoms with Gasteiger partial charge in [0, 0.05) is 25.6 Å². The standard InChI is InChI=1S/C26H26BrClN2O2S/c1-26(2,3)16-6-13-20-21(14-16)33-25(30-23(31)15-4-9-18(28)10-5-15)22(20)24(32)29-19-11-7-17(27)8-12-19/h4-5,7-12,16H,6,13-14H2,1-3H3,(H,29,32)(H,30,31). The number of anilines is 2. The maximum Gasteiger partial charge on any atom is 0.258 e. The molecular formula is C26H26BrClN2O2S. The van der Waals surface area contributed by atoms with Crippen molar-refractivity contribution in [2.75, 3.05) is 10.6 Å². The highest BCUT2D eigenvalue weighted by atomic mass is 79.9. The molecule has 0 radical (unpaired) electrons. The smallest absolute Gasteiger partial charge is 0.258 e. The van der Waals surface area contributed by atoms with Crippen LogP contribution in [-0.4, -0.2) is 11.8 Å². The maximum absolute atomic E-state index is 13.4. The third kappa shape index (κ3) is 5.51. The zero-order chi connectivity index (χ0) is 23.8. The molecule has 1 aliphatic carbocycles. The van der Waals surface area contributed by atoms with Crippen molar-refractivity contribution in [3.63, 3.8) is 0 Å². The average molecular weight is 546 g/mol. The topological polar surface area (TPSA) is 58.2 Å². The predicted octanol–water partition coefficient (Wildman–Crippen LogP) is 7.82. The van der Waals surface area contributed by atoms with Crippen molar-refractivity contribution in [2.24, 2.45) is 11.3 Å². The molecule has 7 heteroatoms. The van der Waals surface area contributed by atoms with Crippen molar-refractivity contribution in [3.05, 3.63) is 79.6 Å². The van der Waals surface area contributed by atoms with E-state index in [0.29, 0.717) is 32.8 Å². The van der Waals surface area contributed by atoms with Crippen molar-refractivity contribution in [1.29, 1.82) is 0 Å². The number of hydrogen-bond acceptors (Lipinski definition) is 3. The molecule has 1 unspecified atom stereocenters. The molecule has 2 N–H and O–H groups in total. The molecule has 1 aromatic heterocycles. The highest BCUT2D eigenvalue weighted by Crippen LogP contribution is 2.44. The van der Waals surface area contributed by atoms with E-state index in [1.807, 2.05) is 24.3 Å². The molecule has 33 heavy (non-hydrogen) atoms. The third-order valence-corrected chi connectivity index (χ3v) is 8.10. The lowest BCUT2D eigenvalue weighted by Gasteiger charge is -2.33. The Labute approximate surface area is 211 Å². The number of carbonyl (C=O) groups is 2. The third-order valence-electron chi connectivity index (χ3n) is 6.15. The van der Waals surface area contributed by atoms with Crippen LogP contribution >= 0.6 is 38.9 Å². The van der Waals surface area contributed by atoms with Gasteiger partial charge in [0.15, 0.2) is 0 Å². The van der Waals surface area contributed by atoms with E-state index in [1.165, 1.54) is 16.2 Å². The van der Waals surface area contributed by atoms with Gasteiger partial charge in [-0.25, -0.2) is 0 Å². The van der Waals surface area contributed by atoms with Crippen LogP contribution in [0.25, 0.3) is 0 Å². The van der Waals surface area contributed by atoms with E-state index in [1.54, 1.807) is 24.3 Å². The summed E-state index contributed by atoms with van der Waals surface area (Å²) in [5.41, 5.74) is 3.03. The minimum absolute atomic E-state index is 0.189. The molecule has 4 nitrogen and oxygen atoms in total. The summed E-state index contributed by atoms with van der Waals surface area (Å²) >= 11 is 10.9. The number of hydrogen-bond donors (Lipinski definition) is 2. The van der Waals surface area contributed by atoms with Gasteiger partial charge in [-0.15, -0.1) is 11.3 Å². The van der Waals surface area contributed by atoms with E-state index in [2.05, 4.69) is 47.3 Å². The van der Waals surface area contributed by atoms with Crippen LogP contribution < -0.4 is 10.6 Å². The van der Waals surface area contributed by atoms with Crippen LogP contribution in [0.15, 0.2) is 53.0 Å². The Morgan fingerprint density at radius 3 is 2.30 bits per heavy atom. The molecule has 1 heterocycles. The van der Waals surface area contributed by atoms with Crippen molar-refractivity contribution in [3.8, 4) is 0 Å². The number of benzene rings is 2. The fourth-order valence-corrected chi connectivity index (χ4v) is 5.87. The largest absolute Gasteiger partial charge is 0.322 e. The highest BCUT2D eigenvalue weighted by Gasteiger charge is 2.34. The van der Waals surface area contributed by atoms with E-state index >= 15 is 0 Å². The van der Waals surface area contributed by atoms with Gasteiger partial charge in [0.1, 0.15) is 5.00 Å². The van der Waals surface area contributed by atoms with E-state index in [9.17, 15) is 9.59 Å². The van der Waals surface area contributed by atoms with E-state index in [0.717, 1.165) is 29.3 Å². The van der Waals surface area contributed by atoms with Crippen LogP contribution in [0, 0.1) is 11.3 Å². The van der Waals surface area contributed by atoms with E-state index < -0.39 is 0 Å². The average Bonchev–Trinajstić information content (AvgIpc) is 3.12. The molecule has 2 amide bonds. The Hall–Kier alpha value is -2.15. The van der Waals surface area contributed by atoms with Gasteiger partial charge in [-0.3, -0.25) is 9.59 Å². The minimum Gasteiger partial charge on any atom is -0.322 e. The molecule has 0 saturated heterocycles. The number of amides is 2. The van der Waals surface area contributed by atoms with Crippen LogP contribution in [-0.2, 0) is 12.8 Å². The summed E-state index contributed by atoms with van der Waals surface area (Å²) in [6.07, 6.45) is 2.77. The predicted molar refractivity (Wildman–Crippen MR) is 141 cm³/mol. The van der Waals surface area contributed by atoms with Gasteiger partial charge in [0.2, 0.25) is 0 Å². The molecule has 1 aliphatic rings. The number of halogens is 2. The number of nitrogens with one attached hydrogen (secondary N) is 2. The summed E-state index contributed by atoms with van der Waals surface area (Å²) in [5.74, 6) is 0.0802. The fourth-order valence-electron chi connectivity index (χ4n) is 4.16. The van der Waals surface area contributed by atoms with Crippen molar-refractivity contribution < 1.29 is 9.59 Å². The van der Waals surface area contributed by atoms with Gasteiger partial charge in [0.25, 0.3) is 11.8 Å². The number of carbonyl (C=O) groups excluding carboxylic acids is 2. The van der Waals surface area contributed by atoms with Crippen molar-refractivity contribution in [1.82, 2.24) is 0 Å². The summed E-state index contributed by atoms with van der Waals surface area (Å²) in [6, 6.07) is 14.2. The first-order chi connectivity index (χ1) is 15.6. The van der Waals surface area contributed by atoms with Gasteiger partial charge in [-0.1, -0.05) is 48.3 Å². The lowest BCUT2D eigenvalue weighted by Crippen LogP contribution is -2.27. The molecule has 2 aromatic carbocycles. The summed E-state index contributed by atoms with van der Waals surface area (Å²) in [6.45, 7) is 6.79. The summed E-state index contributed by atoms with van der Waals surface area (Å²) in [5, 5.41) is 7.17. The van der Waals surface area contributed by atoms with Gasteiger partial charge in [0.05, 0.1) is 5.56 Å². The zero-order valence-corrected chi connectivity index (χ0v) is 22.0. The van der Waals surface area contributed by atoms with Gasteiger partial charge in [-0.05, 0) is 84.7 Å². The monoisotopic (exact) mass is 544 g/mol. The first kappa shape index (κ1) is 24.0. The Morgan fingerprint density at radius 2 is 1.67 bits per heavy atom. The normalized spacial score (nSPS) is 15.6. The lowest BCUT2D eigenvalue weighted by atomic mass is 9.72. The summed E-state index contributed by atoms with van der Waals surface area (Å²) < 4.78 is 0.942. The number of thiophene rings is 1. The molecule has 0 fully saturated rings. The second-order valence-electron chi connectivity index (χ2n) is 9.44.